The van der Waals surface area contributed by atoms with Gasteiger partial charge in [0.1, 0.15) is 23.2 Å². The summed E-state index contributed by atoms with van der Waals surface area (Å²) in [7, 11) is 1.54. The number of alkyl carbamates (subject to hydrolysis) is 1. The summed E-state index contributed by atoms with van der Waals surface area (Å²) in [6, 6.07) is 8.31. The van der Waals surface area contributed by atoms with Crippen LogP contribution < -0.4 is 15.0 Å². The molecular weight excluding hydrogens is 444 g/mol. The number of rotatable bonds is 4. The number of nitriles is 1. The lowest BCUT2D eigenvalue weighted by Crippen LogP contribution is -2.30. The second-order valence-corrected chi connectivity index (χ2v) is 9.19. The Labute approximate surface area is 206 Å². The number of amides is 1. The summed E-state index contributed by atoms with van der Waals surface area (Å²) in [6.07, 6.45) is 8.63. The van der Waals surface area contributed by atoms with Crippen molar-refractivity contribution in [3.05, 3.63) is 42.4 Å². The molecule has 35 heavy (non-hydrogen) atoms. The van der Waals surface area contributed by atoms with Crippen molar-refractivity contribution in [2.45, 2.75) is 52.6 Å². The monoisotopic (exact) mass is 478 g/mol. The maximum absolute atomic E-state index is 10.5. The molecule has 186 valence electrons. The second kappa shape index (κ2) is 11.6. The molecule has 0 radical (unpaired) electrons. The SMILES string of the molecule is CCOc1cc(-c2ccc(N3CCCCC3)nc2)c2c(C#N)cnn2c1.CNC(=O)OC(C)(C)C. The van der Waals surface area contributed by atoms with Crippen molar-refractivity contribution in [3.63, 3.8) is 0 Å². The number of hydrogen-bond donors (Lipinski definition) is 1. The Morgan fingerprint density at radius 1 is 1.20 bits per heavy atom. The highest BCUT2D eigenvalue weighted by Crippen LogP contribution is 2.31. The van der Waals surface area contributed by atoms with Crippen LogP contribution in [0.3, 0.4) is 0 Å². The van der Waals surface area contributed by atoms with Gasteiger partial charge >= 0.3 is 6.09 Å². The standard InChI is InChI=1S/C20H21N5O.C6H13NO2/c1-2-26-17-10-18(20-16(11-21)13-23-25(20)14-17)15-6-7-19(22-12-15)24-8-4-3-5-9-24;1-6(2,3)9-5(8)7-4/h6-7,10,12-14H,2-5,8-9H2,1H3;1-4H3,(H,7,8). The third-order valence-electron chi connectivity index (χ3n) is 5.36. The van der Waals surface area contributed by atoms with E-state index < -0.39 is 0 Å². The number of piperidine rings is 1. The van der Waals surface area contributed by atoms with Crippen LogP contribution in [-0.2, 0) is 4.74 Å². The quantitative estimate of drug-likeness (QED) is 0.574. The van der Waals surface area contributed by atoms with Crippen molar-refractivity contribution in [2.24, 2.45) is 0 Å². The number of pyridine rings is 2. The lowest BCUT2D eigenvalue weighted by Gasteiger charge is -2.27. The first-order valence-corrected chi connectivity index (χ1v) is 11.9. The summed E-state index contributed by atoms with van der Waals surface area (Å²) in [5.74, 6) is 1.74. The van der Waals surface area contributed by atoms with Crippen LogP contribution >= 0.6 is 0 Å². The van der Waals surface area contributed by atoms with Crippen LogP contribution in [0.5, 0.6) is 5.75 Å². The summed E-state index contributed by atoms with van der Waals surface area (Å²) in [5, 5.41) is 16.1. The van der Waals surface area contributed by atoms with Crippen LogP contribution in [0.1, 0.15) is 52.5 Å². The van der Waals surface area contributed by atoms with Crippen LogP contribution in [0, 0.1) is 11.3 Å². The molecule has 0 aromatic carbocycles. The zero-order valence-corrected chi connectivity index (χ0v) is 21.2. The van der Waals surface area contributed by atoms with Crippen LogP contribution in [0.4, 0.5) is 10.6 Å². The molecule has 0 aliphatic carbocycles. The largest absolute Gasteiger partial charge is 0.492 e. The van der Waals surface area contributed by atoms with E-state index in [4.69, 9.17) is 9.47 Å². The Hall–Kier alpha value is -3.80. The summed E-state index contributed by atoms with van der Waals surface area (Å²) in [5.41, 5.74) is 2.80. The molecule has 1 aliphatic heterocycles. The van der Waals surface area contributed by atoms with Gasteiger partial charge in [0, 0.05) is 37.5 Å². The average Bonchev–Trinajstić information content (AvgIpc) is 3.27. The molecule has 1 fully saturated rings. The molecule has 9 nitrogen and oxygen atoms in total. The molecule has 4 rings (SSSR count). The van der Waals surface area contributed by atoms with Gasteiger partial charge in [-0.3, -0.25) is 0 Å². The molecule has 1 saturated heterocycles. The van der Waals surface area contributed by atoms with Gasteiger partial charge in [-0.2, -0.15) is 10.4 Å². The molecule has 0 spiro atoms. The van der Waals surface area contributed by atoms with Crippen molar-refractivity contribution >= 4 is 17.4 Å². The number of carbonyl (C=O) groups is 1. The molecule has 1 amide bonds. The van der Waals surface area contributed by atoms with E-state index in [-0.39, 0.29) is 11.7 Å². The van der Waals surface area contributed by atoms with Gasteiger partial charge in [0.2, 0.25) is 0 Å². The number of hydrogen-bond acceptors (Lipinski definition) is 7. The van der Waals surface area contributed by atoms with Gasteiger partial charge < -0.3 is 19.7 Å². The molecular formula is C26H34N6O3. The predicted octanol–water partition coefficient (Wildman–Crippen LogP) is 4.80. The minimum Gasteiger partial charge on any atom is -0.492 e. The Kier molecular flexibility index (Phi) is 8.53. The number of anilines is 1. The van der Waals surface area contributed by atoms with E-state index in [0.29, 0.717) is 12.2 Å². The maximum atomic E-state index is 10.5. The summed E-state index contributed by atoms with van der Waals surface area (Å²) in [6.45, 7) is 10.1. The van der Waals surface area contributed by atoms with Gasteiger partial charge in [0.25, 0.3) is 0 Å². The van der Waals surface area contributed by atoms with E-state index in [0.717, 1.165) is 41.3 Å². The third kappa shape index (κ3) is 6.85. The topological polar surface area (TPSA) is 105 Å². The smallest absolute Gasteiger partial charge is 0.407 e. The number of nitrogens with zero attached hydrogens (tertiary/aromatic N) is 5. The van der Waals surface area contributed by atoms with Crippen molar-refractivity contribution < 1.29 is 14.3 Å². The number of carbonyl (C=O) groups excluding carboxylic acids is 1. The van der Waals surface area contributed by atoms with E-state index in [1.54, 1.807) is 16.9 Å². The Bertz CT molecular complexity index is 1170. The Balaban J connectivity index is 0.000000327. The molecule has 4 heterocycles. The normalized spacial score (nSPS) is 13.4. The summed E-state index contributed by atoms with van der Waals surface area (Å²) < 4.78 is 12.2. The van der Waals surface area contributed by atoms with Crippen LogP contribution in [0.25, 0.3) is 16.6 Å². The van der Waals surface area contributed by atoms with Crippen molar-refractivity contribution in [1.82, 2.24) is 19.9 Å². The molecule has 1 N–H and O–H groups in total. The zero-order chi connectivity index (χ0) is 25.4. The van der Waals surface area contributed by atoms with Crippen molar-refractivity contribution in [3.8, 4) is 22.9 Å². The Morgan fingerprint density at radius 2 is 1.94 bits per heavy atom. The first-order chi connectivity index (χ1) is 16.8. The van der Waals surface area contributed by atoms with Gasteiger partial charge in [-0.15, -0.1) is 0 Å². The number of aromatic nitrogens is 3. The maximum Gasteiger partial charge on any atom is 0.407 e. The molecule has 0 unspecified atom stereocenters. The predicted molar refractivity (Wildman–Crippen MR) is 136 cm³/mol. The highest BCUT2D eigenvalue weighted by atomic mass is 16.6. The van der Waals surface area contributed by atoms with Crippen molar-refractivity contribution in [2.75, 3.05) is 31.6 Å². The van der Waals surface area contributed by atoms with Gasteiger partial charge in [-0.05, 0) is 65.2 Å². The fraction of sp³-hybridized carbons (Fsp3) is 0.462. The number of nitrogens with one attached hydrogen (secondary N) is 1. The van der Waals surface area contributed by atoms with Crippen LogP contribution in [0.15, 0.2) is 36.8 Å². The summed E-state index contributed by atoms with van der Waals surface area (Å²) >= 11 is 0. The van der Waals surface area contributed by atoms with Gasteiger partial charge in [0.15, 0.2) is 0 Å². The van der Waals surface area contributed by atoms with Gasteiger partial charge in [-0.1, -0.05) is 0 Å². The lowest BCUT2D eigenvalue weighted by atomic mass is 10.0. The lowest BCUT2D eigenvalue weighted by molar-refractivity contribution is 0.0541. The van der Waals surface area contributed by atoms with E-state index in [9.17, 15) is 10.1 Å². The number of fused-ring (bicyclic) bond motifs is 1. The molecule has 0 saturated carbocycles. The van der Waals surface area contributed by atoms with Crippen molar-refractivity contribution in [1.29, 1.82) is 5.26 Å². The average molecular weight is 479 g/mol. The van der Waals surface area contributed by atoms with E-state index in [2.05, 4.69) is 38.5 Å². The van der Waals surface area contributed by atoms with Crippen LogP contribution in [0.2, 0.25) is 0 Å². The highest BCUT2D eigenvalue weighted by molar-refractivity contribution is 5.85. The number of ether oxygens (including phenoxy) is 2. The minimum atomic E-state index is -0.389. The van der Waals surface area contributed by atoms with E-state index in [1.165, 1.54) is 26.3 Å². The van der Waals surface area contributed by atoms with Gasteiger partial charge in [0.05, 0.1) is 30.1 Å². The minimum absolute atomic E-state index is 0.387. The molecule has 3 aromatic rings. The first kappa shape index (κ1) is 25.8. The molecule has 3 aromatic heterocycles. The molecule has 0 bridgehead atoms. The summed E-state index contributed by atoms with van der Waals surface area (Å²) in [4.78, 5) is 17.5. The molecule has 9 heteroatoms. The first-order valence-electron chi connectivity index (χ1n) is 11.9. The fourth-order valence-corrected chi connectivity index (χ4v) is 3.83. The van der Waals surface area contributed by atoms with Gasteiger partial charge in [-0.25, -0.2) is 14.3 Å². The Morgan fingerprint density at radius 3 is 2.49 bits per heavy atom. The third-order valence-corrected chi connectivity index (χ3v) is 5.36. The van der Waals surface area contributed by atoms with E-state index in [1.807, 2.05) is 40.0 Å². The fourth-order valence-electron chi connectivity index (χ4n) is 3.83. The second-order valence-electron chi connectivity index (χ2n) is 9.19. The highest BCUT2D eigenvalue weighted by Gasteiger charge is 2.16. The molecule has 1 aliphatic rings. The van der Waals surface area contributed by atoms with E-state index >= 15 is 0 Å². The molecule has 0 atom stereocenters. The zero-order valence-electron chi connectivity index (χ0n) is 21.2. The van der Waals surface area contributed by atoms with Crippen LogP contribution in [-0.4, -0.2) is 53.0 Å².